The number of methoxy groups -OCH3 is 1. The number of benzene rings is 2. The summed E-state index contributed by atoms with van der Waals surface area (Å²) >= 11 is 0. The van der Waals surface area contributed by atoms with Gasteiger partial charge in [-0.05, 0) is 45.4 Å². The molecule has 0 saturated heterocycles. The Morgan fingerprint density at radius 1 is 1.09 bits per heavy atom. The molecular weight excluding hydrogens is 406 g/mol. The van der Waals surface area contributed by atoms with Gasteiger partial charge in [0.2, 0.25) is 0 Å². The van der Waals surface area contributed by atoms with Crippen LogP contribution in [-0.4, -0.2) is 21.8 Å². The Morgan fingerprint density at radius 3 is 2.50 bits per heavy atom. The van der Waals surface area contributed by atoms with Crippen LogP contribution in [0, 0.1) is 20.8 Å². The monoisotopic (exact) mass is 429 g/mol. The van der Waals surface area contributed by atoms with E-state index in [-0.39, 0.29) is 6.04 Å². The Kier molecular flexibility index (Phi) is 4.62. The summed E-state index contributed by atoms with van der Waals surface area (Å²) in [5, 5.41) is 4.84. The molecule has 0 radical (unpaired) electrons. The number of oxazole rings is 1. The van der Waals surface area contributed by atoms with Gasteiger partial charge in [-0.15, -0.1) is 0 Å². The standard InChI is InChI=1S/C25H23N3O4/c1-13-6-8-17(9-7-13)15(3)28-24-18-11-21(30-5)19(23-14(2)27-32-16(23)4)10-20(18)26-12-22(24)31-25(28)29/h6-12,15H,1-5H3. The topological polar surface area (TPSA) is 83.3 Å². The largest absolute Gasteiger partial charge is 0.496 e. The van der Waals surface area contributed by atoms with Crippen molar-refractivity contribution in [2.75, 3.05) is 7.11 Å². The van der Waals surface area contributed by atoms with Crippen molar-refractivity contribution < 1.29 is 13.7 Å². The molecule has 162 valence electrons. The van der Waals surface area contributed by atoms with E-state index in [1.807, 2.05) is 64.1 Å². The summed E-state index contributed by atoms with van der Waals surface area (Å²) in [6, 6.07) is 11.8. The van der Waals surface area contributed by atoms with Crippen LogP contribution >= 0.6 is 0 Å². The van der Waals surface area contributed by atoms with Crippen LogP contribution in [0.2, 0.25) is 0 Å². The normalized spacial score (nSPS) is 12.5. The van der Waals surface area contributed by atoms with Crippen LogP contribution in [0.25, 0.3) is 33.1 Å². The molecule has 0 bridgehead atoms. The number of aromatic nitrogens is 3. The zero-order chi connectivity index (χ0) is 22.6. The molecule has 0 N–H and O–H groups in total. The average Bonchev–Trinajstić information content (AvgIpc) is 3.30. The maximum Gasteiger partial charge on any atom is 0.420 e. The van der Waals surface area contributed by atoms with Gasteiger partial charge in [0, 0.05) is 10.9 Å². The van der Waals surface area contributed by atoms with Gasteiger partial charge < -0.3 is 13.7 Å². The van der Waals surface area contributed by atoms with Crippen molar-refractivity contribution in [3.05, 3.63) is 75.7 Å². The quantitative estimate of drug-likeness (QED) is 0.383. The first-order chi connectivity index (χ1) is 15.4. The predicted octanol–water partition coefficient (Wildman–Crippen LogP) is 5.34. The molecule has 1 unspecified atom stereocenters. The van der Waals surface area contributed by atoms with Crippen LogP contribution in [0.1, 0.15) is 35.5 Å². The van der Waals surface area contributed by atoms with E-state index in [2.05, 4.69) is 10.1 Å². The summed E-state index contributed by atoms with van der Waals surface area (Å²) in [5.41, 5.74) is 6.52. The third-order valence-electron chi connectivity index (χ3n) is 6.01. The fourth-order valence-electron chi connectivity index (χ4n) is 4.32. The van der Waals surface area contributed by atoms with Crippen molar-refractivity contribution >= 4 is 22.0 Å². The van der Waals surface area contributed by atoms with Crippen LogP contribution < -0.4 is 10.5 Å². The predicted molar refractivity (Wildman–Crippen MR) is 122 cm³/mol. The molecule has 0 fully saturated rings. The number of fused-ring (bicyclic) bond motifs is 3. The van der Waals surface area contributed by atoms with E-state index >= 15 is 0 Å². The lowest BCUT2D eigenvalue weighted by molar-refractivity contribution is 0.393. The molecule has 0 aliphatic carbocycles. The van der Waals surface area contributed by atoms with Crippen molar-refractivity contribution in [3.63, 3.8) is 0 Å². The summed E-state index contributed by atoms with van der Waals surface area (Å²) in [4.78, 5) is 17.4. The first kappa shape index (κ1) is 20.1. The lowest BCUT2D eigenvalue weighted by Gasteiger charge is -2.15. The molecule has 0 aliphatic rings. The highest BCUT2D eigenvalue weighted by Crippen LogP contribution is 2.39. The second-order valence-corrected chi connectivity index (χ2v) is 8.06. The highest BCUT2D eigenvalue weighted by molar-refractivity contribution is 6.04. The molecule has 5 aromatic rings. The Labute approximate surface area is 184 Å². The third-order valence-corrected chi connectivity index (χ3v) is 6.01. The minimum absolute atomic E-state index is 0.219. The Morgan fingerprint density at radius 2 is 1.84 bits per heavy atom. The molecule has 7 heteroatoms. The van der Waals surface area contributed by atoms with E-state index in [4.69, 9.17) is 13.7 Å². The van der Waals surface area contributed by atoms with Crippen LogP contribution in [0.3, 0.4) is 0 Å². The molecular formula is C25H23N3O4. The minimum Gasteiger partial charge on any atom is -0.496 e. The lowest BCUT2D eigenvalue weighted by atomic mass is 10.00. The summed E-state index contributed by atoms with van der Waals surface area (Å²) in [6.07, 6.45) is 1.60. The van der Waals surface area contributed by atoms with Gasteiger partial charge in [-0.25, -0.2) is 4.79 Å². The highest BCUT2D eigenvalue weighted by atomic mass is 16.5. The SMILES string of the molecule is COc1cc2c(cc1-c1c(C)noc1C)ncc1oc(=O)n(C(C)c3ccc(C)cc3)c12. The number of pyridine rings is 1. The molecule has 0 amide bonds. The number of hydrogen-bond acceptors (Lipinski definition) is 6. The van der Waals surface area contributed by atoms with Crippen molar-refractivity contribution in [3.8, 4) is 16.9 Å². The van der Waals surface area contributed by atoms with Crippen molar-refractivity contribution in [1.29, 1.82) is 0 Å². The van der Waals surface area contributed by atoms with E-state index in [1.54, 1.807) is 17.9 Å². The number of aryl methyl sites for hydroxylation is 3. The van der Waals surface area contributed by atoms with Crippen LogP contribution in [-0.2, 0) is 0 Å². The fraction of sp³-hybridized carbons (Fsp3) is 0.240. The van der Waals surface area contributed by atoms with E-state index in [0.717, 1.165) is 38.9 Å². The molecule has 32 heavy (non-hydrogen) atoms. The third kappa shape index (κ3) is 3.00. The Balaban J connectivity index is 1.80. The van der Waals surface area contributed by atoms with Gasteiger partial charge in [-0.2, -0.15) is 0 Å². The van der Waals surface area contributed by atoms with Gasteiger partial charge in [0.1, 0.15) is 17.0 Å². The number of rotatable bonds is 4. The summed E-state index contributed by atoms with van der Waals surface area (Å²) < 4.78 is 18.3. The van der Waals surface area contributed by atoms with Gasteiger partial charge in [0.15, 0.2) is 5.58 Å². The highest BCUT2D eigenvalue weighted by Gasteiger charge is 2.22. The fourth-order valence-corrected chi connectivity index (χ4v) is 4.32. The minimum atomic E-state index is -0.420. The number of nitrogens with zero attached hydrogens (tertiary/aromatic N) is 3. The van der Waals surface area contributed by atoms with Crippen LogP contribution in [0.5, 0.6) is 5.75 Å². The smallest absolute Gasteiger partial charge is 0.420 e. The van der Waals surface area contributed by atoms with Crippen molar-refractivity contribution in [1.82, 2.24) is 14.7 Å². The molecule has 1 atom stereocenters. The van der Waals surface area contributed by atoms with Crippen molar-refractivity contribution in [2.45, 2.75) is 33.7 Å². The number of hydrogen-bond donors (Lipinski definition) is 0. The van der Waals surface area contributed by atoms with Gasteiger partial charge in [-0.3, -0.25) is 9.55 Å². The molecule has 0 aliphatic heterocycles. The molecule has 0 spiro atoms. The lowest BCUT2D eigenvalue weighted by Crippen LogP contribution is -2.19. The van der Waals surface area contributed by atoms with E-state index in [0.29, 0.717) is 22.6 Å². The van der Waals surface area contributed by atoms with E-state index in [1.165, 1.54) is 0 Å². The molecule has 7 nitrogen and oxygen atoms in total. The molecule has 5 rings (SSSR count). The molecule has 0 saturated carbocycles. The molecule has 2 aromatic carbocycles. The van der Waals surface area contributed by atoms with Gasteiger partial charge in [0.25, 0.3) is 0 Å². The number of ether oxygens (including phenoxy) is 1. The van der Waals surface area contributed by atoms with E-state index in [9.17, 15) is 4.79 Å². The van der Waals surface area contributed by atoms with Crippen LogP contribution in [0.4, 0.5) is 0 Å². The maximum atomic E-state index is 12.9. The Hall–Kier alpha value is -3.87. The second kappa shape index (κ2) is 7.37. The summed E-state index contributed by atoms with van der Waals surface area (Å²) in [6.45, 7) is 7.79. The van der Waals surface area contributed by atoms with Crippen molar-refractivity contribution in [2.24, 2.45) is 0 Å². The van der Waals surface area contributed by atoms with Gasteiger partial charge >= 0.3 is 5.76 Å². The zero-order valence-electron chi connectivity index (χ0n) is 18.6. The van der Waals surface area contributed by atoms with Gasteiger partial charge in [0.05, 0.1) is 36.1 Å². The van der Waals surface area contributed by atoms with Crippen LogP contribution in [0.15, 0.2) is 56.3 Å². The van der Waals surface area contributed by atoms with Gasteiger partial charge in [-0.1, -0.05) is 35.0 Å². The average molecular weight is 429 g/mol. The maximum absolute atomic E-state index is 12.9. The zero-order valence-corrected chi connectivity index (χ0v) is 18.6. The first-order valence-corrected chi connectivity index (χ1v) is 10.4. The first-order valence-electron chi connectivity index (χ1n) is 10.4. The molecule has 3 aromatic heterocycles. The van der Waals surface area contributed by atoms with E-state index < -0.39 is 5.76 Å². The summed E-state index contributed by atoms with van der Waals surface area (Å²) in [7, 11) is 1.62. The molecule has 3 heterocycles. The second-order valence-electron chi connectivity index (χ2n) is 8.06. The Bertz CT molecular complexity index is 1500. The summed E-state index contributed by atoms with van der Waals surface area (Å²) in [5.74, 6) is 0.926.